The first-order valence-electron chi connectivity index (χ1n) is 12.7. The van der Waals surface area contributed by atoms with Gasteiger partial charge in [0.05, 0.1) is 6.04 Å². The fourth-order valence-corrected chi connectivity index (χ4v) is 4.32. The number of amides is 3. The second-order valence-electron chi connectivity index (χ2n) is 9.64. The Kier molecular flexibility index (Phi) is 12.8. The molecular formula is C28H38N4O6S. The number of hydrogen-bond acceptors (Lipinski definition) is 7. The zero-order valence-corrected chi connectivity index (χ0v) is 23.2. The minimum atomic E-state index is -1.18. The molecule has 0 aliphatic rings. The van der Waals surface area contributed by atoms with Gasteiger partial charge in [0.1, 0.15) is 23.9 Å². The molecule has 0 bridgehead atoms. The fraction of sp³-hybridized carbons (Fsp3) is 0.429. The molecule has 3 amide bonds. The van der Waals surface area contributed by atoms with Crippen molar-refractivity contribution in [1.82, 2.24) is 16.0 Å². The molecule has 4 atom stereocenters. The van der Waals surface area contributed by atoms with E-state index in [2.05, 4.69) is 16.0 Å². The van der Waals surface area contributed by atoms with Gasteiger partial charge >= 0.3 is 5.97 Å². The molecule has 39 heavy (non-hydrogen) atoms. The van der Waals surface area contributed by atoms with Crippen molar-refractivity contribution in [2.24, 2.45) is 11.7 Å². The first kappa shape index (κ1) is 31.6. The van der Waals surface area contributed by atoms with E-state index in [-0.39, 0.29) is 24.5 Å². The van der Waals surface area contributed by atoms with Gasteiger partial charge in [-0.3, -0.25) is 14.4 Å². The number of nitrogens with two attached hydrogens (primary N) is 1. The molecule has 0 saturated heterocycles. The van der Waals surface area contributed by atoms with E-state index < -0.39 is 47.9 Å². The Morgan fingerprint density at radius 1 is 0.821 bits per heavy atom. The van der Waals surface area contributed by atoms with Gasteiger partial charge in [-0.05, 0) is 47.6 Å². The molecule has 2 rings (SSSR count). The number of phenols is 1. The molecule has 0 fully saturated rings. The Hall–Kier alpha value is -3.57. The largest absolute Gasteiger partial charge is 0.508 e. The summed E-state index contributed by atoms with van der Waals surface area (Å²) in [6.45, 7) is 3.35. The van der Waals surface area contributed by atoms with Crippen LogP contribution in [0.25, 0.3) is 0 Å². The molecule has 0 saturated carbocycles. The van der Waals surface area contributed by atoms with Gasteiger partial charge in [0.25, 0.3) is 0 Å². The first-order chi connectivity index (χ1) is 18.5. The number of nitrogens with one attached hydrogen (secondary N) is 3. The highest BCUT2D eigenvalue weighted by Crippen LogP contribution is 2.13. The molecule has 212 valence electrons. The molecule has 2 aromatic rings. The lowest BCUT2D eigenvalue weighted by Crippen LogP contribution is -2.58. The average Bonchev–Trinajstić information content (AvgIpc) is 2.90. The lowest BCUT2D eigenvalue weighted by atomic mass is 10.0. The van der Waals surface area contributed by atoms with Crippen LogP contribution >= 0.6 is 11.8 Å². The van der Waals surface area contributed by atoms with Crippen molar-refractivity contribution in [2.75, 3.05) is 12.0 Å². The molecule has 2 aromatic carbocycles. The second kappa shape index (κ2) is 15.7. The summed E-state index contributed by atoms with van der Waals surface area (Å²) in [5, 5.41) is 27.1. The smallest absolute Gasteiger partial charge is 0.326 e. The van der Waals surface area contributed by atoms with Crippen LogP contribution in [0.3, 0.4) is 0 Å². The topological polar surface area (TPSA) is 171 Å². The number of carbonyl (C=O) groups is 4. The standard InChI is InChI=1S/C28H38N4O6S/c1-17(2)24(28(37)38)32-27(36)23(15-18-7-5-4-6-8-18)31-26(35)22(16-19-9-11-20(33)12-10-19)30-25(34)21(29)13-14-39-3/h4-12,17,21-24,33H,13-16,29H2,1-3H3,(H,30,34)(H,31,35)(H,32,36)(H,37,38). The van der Waals surface area contributed by atoms with Crippen LogP contribution in [0.5, 0.6) is 5.75 Å². The number of thioether (sulfide) groups is 1. The molecule has 11 heteroatoms. The van der Waals surface area contributed by atoms with Gasteiger partial charge < -0.3 is 31.9 Å². The average molecular weight is 559 g/mol. The van der Waals surface area contributed by atoms with E-state index >= 15 is 0 Å². The number of rotatable bonds is 15. The third-order valence-corrected chi connectivity index (χ3v) is 6.77. The van der Waals surface area contributed by atoms with Crippen LogP contribution < -0.4 is 21.7 Å². The maximum absolute atomic E-state index is 13.5. The van der Waals surface area contributed by atoms with Crippen molar-refractivity contribution in [1.29, 1.82) is 0 Å². The third-order valence-electron chi connectivity index (χ3n) is 6.13. The van der Waals surface area contributed by atoms with E-state index in [1.807, 2.05) is 12.3 Å². The Balaban J connectivity index is 2.30. The SMILES string of the molecule is CSCCC(N)C(=O)NC(Cc1ccc(O)cc1)C(=O)NC(Cc1ccccc1)C(=O)NC(C(=O)O)C(C)C. The number of carboxylic acids is 1. The van der Waals surface area contributed by atoms with E-state index in [0.29, 0.717) is 17.7 Å². The van der Waals surface area contributed by atoms with Gasteiger partial charge in [-0.1, -0.05) is 56.3 Å². The molecular weight excluding hydrogens is 520 g/mol. The highest BCUT2D eigenvalue weighted by atomic mass is 32.2. The molecule has 0 heterocycles. The summed E-state index contributed by atoms with van der Waals surface area (Å²) in [4.78, 5) is 51.3. The zero-order valence-electron chi connectivity index (χ0n) is 22.4. The maximum atomic E-state index is 13.5. The van der Waals surface area contributed by atoms with Gasteiger partial charge in [0.15, 0.2) is 0 Å². The van der Waals surface area contributed by atoms with Gasteiger partial charge in [0.2, 0.25) is 17.7 Å². The summed E-state index contributed by atoms with van der Waals surface area (Å²) < 4.78 is 0. The van der Waals surface area contributed by atoms with Gasteiger partial charge in [-0.25, -0.2) is 4.79 Å². The second-order valence-corrected chi connectivity index (χ2v) is 10.6. The number of phenolic OH excluding ortho intramolecular Hbond substituents is 1. The van der Waals surface area contributed by atoms with E-state index in [4.69, 9.17) is 5.73 Å². The lowest BCUT2D eigenvalue weighted by molar-refractivity contribution is -0.143. The van der Waals surface area contributed by atoms with E-state index in [1.54, 1.807) is 62.0 Å². The Morgan fingerprint density at radius 2 is 1.33 bits per heavy atom. The normalized spacial score (nSPS) is 14.1. The summed E-state index contributed by atoms with van der Waals surface area (Å²) >= 11 is 1.55. The van der Waals surface area contributed by atoms with Gasteiger partial charge in [-0.2, -0.15) is 11.8 Å². The first-order valence-corrected chi connectivity index (χ1v) is 14.1. The summed E-state index contributed by atoms with van der Waals surface area (Å²) in [5.74, 6) is -2.62. The maximum Gasteiger partial charge on any atom is 0.326 e. The zero-order chi connectivity index (χ0) is 28.9. The number of hydrogen-bond donors (Lipinski definition) is 6. The van der Waals surface area contributed by atoms with Crippen molar-refractivity contribution in [2.45, 2.75) is 57.3 Å². The number of carboxylic acid groups (broad SMARTS) is 1. The number of carbonyl (C=O) groups excluding carboxylic acids is 3. The van der Waals surface area contributed by atoms with E-state index in [1.165, 1.54) is 12.1 Å². The van der Waals surface area contributed by atoms with Crippen LogP contribution in [0, 0.1) is 5.92 Å². The quantitative estimate of drug-likeness (QED) is 0.191. The predicted octanol–water partition coefficient (Wildman–Crippen LogP) is 1.45. The Morgan fingerprint density at radius 3 is 1.85 bits per heavy atom. The number of aliphatic carboxylic acids is 1. The van der Waals surface area contributed by atoms with Crippen LogP contribution in [-0.4, -0.2) is 70.1 Å². The van der Waals surface area contributed by atoms with Crippen molar-refractivity contribution in [3.63, 3.8) is 0 Å². The molecule has 0 aliphatic heterocycles. The van der Waals surface area contributed by atoms with Crippen molar-refractivity contribution < 1.29 is 29.4 Å². The van der Waals surface area contributed by atoms with Gasteiger partial charge in [0, 0.05) is 12.8 Å². The van der Waals surface area contributed by atoms with Crippen molar-refractivity contribution >= 4 is 35.5 Å². The van der Waals surface area contributed by atoms with E-state index in [0.717, 1.165) is 5.56 Å². The summed E-state index contributed by atoms with van der Waals surface area (Å²) in [6.07, 6.45) is 2.51. The molecule has 0 radical (unpaired) electrons. The van der Waals surface area contributed by atoms with Crippen LogP contribution in [0.15, 0.2) is 54.6 Å². The molecule has 0 aliphatic carbocycles. The molecule has 0 aromatic heterocycles. The van der Waals surface area contributed by atoms with Crippen molar-refractivity contribution in [3.8, 4) is 5.75 Å². The van der Waals surface area contributed by atoms with E-state index in [9.17, 15) is 29.4 Å². The highest BCUT2D eigenvalue weighted by molar-refractivity contribution is 7.98. The number of aromatic hydroxyl groups is 1. The highest BCUT2D eigenvalue weighted by Gasteiger charge is 2.31. The summed E-state index contributed by atoms with van der Waals surface area (Å²) in [7, 11) is 0. The minimum Gasteiger partial charge on any atom is -0.508 e. The molecule has 10 nitrogen and oxygen atoms in total. The minimum absolute atomic E-state index is 0.0561. The third kappa shape index (κ3) is 10.6. The van der Waals surface area contributed by atoms with Crippen LogP contribution in [0.4, 0.5) is 0 Å². The predicted molar refractivity (Wildman–Crippen MR) is 151 cm³/mol. The van der Waals surface area contributed by atoms with Crippen molar-refractivity contribution in [3.05, 3.63) is 65.7 Å². The molecule has 0 spiro atoms. The van der Waals surface area contributed by atoms with Crippen LogP contribution in [0.1, 0.15) is 31.4 Å². The van der Waals surface area contributed by atoms with Crippen LogP contribution in [-0.2, 0) is 32.0 Å². The Labute approximate surface area is 233 Å². The summed E-state index contributed by atoms with van der Waals surface area (Å²) in [5.41, 5.74) is 7.44. The fourth-order valence-electron chi connectivity index (χ4n) is 3.83. The molecule has 4 unspecified atom stereocenters. The molecule has 7 N–H and O–H groups in total. The summed E-state index contributed by atoms with van der Waals surface area (Å²) in [6, 6.07) is 11.1. The van der Waals surface area contributed by atoms with Gasteiger partial charge in [-0.15, -0.1) is 0 Å². The number of benzene rings is 2. The monoisotopic (exact) mass is 558 g/mol. The lowest BCUT2D eigenvalue weighted by Gasteiger charge is -2.26. The Bertz CT molecular complexity index is 1100. The van der Waals surface area contributed by atoms with Crippen LogP contribution in [0.2, 0.25) is 0 Å².